The fourth-order valence-electron chi connectivity index (χ4n) is 1.94. The highest BCUT2D eigenvalue weighted by molar-refractivity contribution is 5.87. The predicted molar refractivity (Wildman–Crippen MR) is 76.1 cm³/mol. The molecule has 0 radical (unpaired) electrons. The van der Waals surface area contributed by atoms with Crippen molar-refractivity contribution in [3.63, 3.8) is 0 Å². The molecule has 0 aromatic heterocycles. The van der Waals surface area contributed by atoms with Crippen LogP contribution in [0.1, 0.15) is 19.4 Å². The van der Waals surface area contributed by atoms with Crippen molar-refractivity contribution in [3.8, 4) is 0 Å². The zero-order valence-corrected chi connectivity index (χ0v) is 11.7. The maximum atomic E-state index is 12.2. The average Bonchev–Trinajstić information content (AvgIpc) is 2.28. The summed E-state index contributed by atoms with van der Waals surface area (Å²) in [6, 6.07) is 9.92. The zero-order chi connectivity index (χ0) is 12.3. The van der Waals surface area contributed by atoms with Gasteiger partial charge in [0, 0.05) is 25.6 Å². The van der Waals surface area contributed by atoms with Crippen LogP contribution in [0.5, 0.6) is 0 Å². The van der Waals surface area contributed by atoms with Crippen LogP contribution in [0.25, 0.3) is 0 Å². The highest BCUT2D eigenvalue weighted by Crippen LogP contribution is 2.22. The lowest BCUT2D eigenvalue weighted by Gasteiger charge is -2.30. The summed E-state index contributed by atoms with van der Waals surface area (Å²) >= 11 is 0. The molecule has 100 valence electrons. The summed E-state index contributed by atoms with van der Waals surface area (Å²) < 4.78 is 0. The van der Waals surface area contributed by atoms with Crippen LogP contribution in [0.15, 0.2) is 30.3 Å². The first kappa shape index (κ1) is 15.0. The molecule has 1 aliphatic rings. The van der Waals surface area contributed by atoms with E-state index in [-0.39, 0.29) is 18.3 Å². The van der Waals surface area contributed by atoms with Gasteiger partial charge in [0.25, 0.3) is 0 Å². The molecular formula is C14H21ClN2O. The standard InChI is InChI=1S/C14H20N2O.ClH/c1-14(2,12-6-4-3-5-7-12)13(17)16-10-11-8-15-9-11;/h3-7,11,15H,8-10H2,1-2H3,(H,16,17);1H. The minimum absolute atomic E-state index is 0. The molecule has 1 aliphatic heterocycles. The quantitative estimate of drug-likeness (QED) is 0.873. The Balaban J connectivity index is 0.00000162. The van der Waals surface area contributed by atoms with Gasteiger partial charge in [-0.25, -0.2) is 0 Å². The minimum Gasteiger partial charge on any atom is -0.355 e. The molecule has 0 bridgehead atoms. The first-order chi connectivity index (χ1) is 8.10. The van der Waals surface area contributed by atoms with Gasteiger partial charge in [-0.05, 0) is 19.4 Å². The lowest BCUT2D eigenvalue weighted by Crippen LogP contribution is -2.50. The maximum absolute atomic E-state index is 12.2. The molecule has 1 fully saturated rings. The number of rotatable bonds is 4. The van der Waals surface area contributed by atoms with Crippen LogP contribution in [0.2, 0.25) is 0 Å². The summed E-state index contributed by atoms with van der Waals surface area (Å²) in [5.74, 6) is 0.709. The number of amides is 1. The fourth-order valence-corrected chi connectivity index (χ4v) is 1.94. The van der Waals surface area contributed by atoms with Gasteiger partial charge in [0.2, 0.25) is 5.91 Å². The Morgan fingerprint density at radius 2 is 1.94 bits per heavy atom. The van der Waals surface area contributed by atoms with Crippen molar-refractivity contribution in [2.75, 3.05) is 19.6 Å². The van der Waals surface area contributed by atoms with Crippen LogP contribution in [0, 0.1) is 5.92 Å². The summed E-state index contributed by atoms with van der Waals surface area (Å²) in [6.07, 6.45) is 0. The van der Waals surface area contributed by atoms with Gasteiger partial charge in [0.05, 0.1) is 5.41 Å². The Labute approximate surface area is 115 Å². The third-order valence-electron chi connectivity index (χ3n) is 3.48. The number of benzene rings is 1. The molecule has 2 rings (SSSR count). The van der Waals surface area contributed by atoms with Crippen molar-refractivity contribution in [1.29, 1.82) is 0 Å². The highest BCUT2D eigenvalue weighted by atomic mass is 35.5. The lowest BCUT2D eigenvalue weighted by atomic mass is 9.83. The van der Waals surface area contributed by atoms with Gasteiger partial charge in [-0.1, -0.05) is 30.3 Å². The van der Waals surface area contributed by atoms with Crippen molar-refractivity contribution in [3.05, 3.63) is 35.9 Å². The molecule has 0 unspecified atom stereocenters. The summed E-state index contributed by atoms with van der Waals surface area (Å²) in [4.78, 5) is 12.2. The summed E-state index contributed by atoms with van der Waals surface area (Å²) in [7, 11) is 0. The van der Waals surface area contributed by atoms with Gasteiger partial charge in [-0.3, -0.25) is 4.79 Å². The average molecular weight is 269 g/mol. The van der Waals surface area contributed by atoms with E-state index in [0.29, 0.717) is 5.92 Å². The van der Waals surface area contributed by atoms with E-state index in [1.807, 2.05) is 44.2 Å². The van der Waals surface area contributed by atoms with Crippen LogP contribution < -0.4 is 10.6 Å². The monoisotopic (exact) mass is 268 g/mol. The predicted octanol–water partition coefficient (Wildman–Crippen LogP) is 1.72. The fraction of sp³-hybridized carbons (Fsp3) is 0.500. The first-order valence-electron chi connectivity index (χ1n) is 6.15. The van der Waals surface area contributed by atoms with E-state index in [0.717, 1.165) is 25.2 Å². The summed E-state index contributed by atoms with van der Waals surface area (Å²) in [6.45, 7) is 6.76. The molecule has 0 spiro atoms. The third kappa shape index (κ3) is 3.24. The van der Waals surface area contributed by atoms with Crippen LogP contribution in [0.3, 0.4) is 0 Å². The van der Waals surface area contributed by atoms with E-state index in [4.69, 9.17) is 0 Å². The lowest BCUT2D eigenvalue weighted by molar-refractivity contribution is -0.125. The zero-order valence-electron chi connectivity index (χ0n) is 10.9. The van der Waals surface area contributed by atoms with Gasteiger partial charge < -0.3 is 10.6 Å². The smallest absolute Gasteiger partial charge is 0.230 e. The third-order valence-corrected chi connectivity index (χ3v) is 3.48. The van der Waals surface area contributed by atoms with Gasteiger partial charge >= 0.3 is 0 Å². The molecule has 0 aliphatic carbocycles. The van der Waals surface area contributed by atoms with Crippen molar-refractivity contribution in [2.45, 2.75) is 19.3 Å². The Hall–Kier alpha value is -1.06. The number of carbonyl (C=O) groups is 1. The molecule has 1 heterocycles. The molecule has 3 nitrogen and oxygen atoms in total. The highest BCUT2D eigenvalue weighted by Gasteiger charge is 2.30. The Morgan fingerprint density at radius 1 is 1.33 bits per heavy atom. The SMILES string of the molecule is CC(C)(C(=O)NCC1CNC1)c1ccccc1.Cl. The molecular weight excluding hydrogens is 248 g/mol. The molecule has 1 amide bonds. The number of hydrogen-bond acceptors (Lipinski definition) is 2. The van der Waals surface area contributed by atoms with Crippen LogP contribution >= 0.6 is 12.4 Å². The second-order valence-corrected chi connectivity index (χ2v) is 5.23. The summed E-state index contributed by atoms with van der Waals surface area (Å²) in [5.41, 5.74) is 0.600. The second-order valence-electron chi connectivity index (χ2n) is 5.23. The molecule has 1 aromatic rings. The van der Waals surface area contributed by atoms with E-state index in [1.54, 1.807) is 0 Å². The first-order valence-corrected chi connectivity index (χ1v) is 6.15. The van der Waals surface area contributed by atoms with Crippen molar-refractivity contribution in [2.24, 2.45) is 5.92 Å². The molecule has 0 atom stereocenters. The molecule has 18 heavy (non-hydrogen) atoms. The molecule has 0 saturated carbocycles. The largest absolute Gasteiger partial charge is 0.355 e. The van der Waals surface area contributed by atoms with E-state index in [1.165, 1.54) is 0 Å². The van der Waals surface area contributed by atoms with Crippen molar-refractivity contribution < 1.29 is 4.79 Å². The molecule has 2 N–H and O–H groups in total. The minimum atomic E-state index is -0.460. The van der Waals surface area contributed by atoms with Gasteiger partial charge in [0.1, 0.15) is 0 Å². The van der Waals surface area contributed by atoms with Crippen LogP contribution in [-0.4, -0.2) is 25.5 Å². The molecule has 4 heteroatoms. The normalized spacial score (nSPS) is 15.4. The second kappa shape index (κ2) is 6.21. The molecule has 1 saturated heterocycles. The van der Waals surface area contributed by atoms with E-state index in [2.05, 4.69) is 10.6 Å². The number of hydrogen-bond donors (Lipinski definition) is 2. The maximum Gasteiger partial charge on any atom is 0.230 e. The number of nitrogens with one attached hydrogen (secondary N) is 2. The van der Waals surface area contributed by atoms with E-state index in [9.17, 15) is 4.79 Å². The van der Waals surface area contributed by atoms with Crippen molar-refractivity contribution in [1.82, 2.24) is 10.6 Å². The van der Waals surface area contributed by atoms with Crippen LogP contribution in [-0.2, 0) is 10.2 Å². The Kier molecular flexibility index (Phi) is 5.17. The van der Waals surface area contributed by atoms with Crippen molar-refractivity contribution >= 4 is 18.3 Å². The van der Waals surface area contributed by atoms with Gasteiger partial charge in [-0.15, -0.1) is 12.4 Å². The number of halogens is 1. The Morgan fingerprint density at radius 3 is 2.44 bits per heavy atom. The van der Waals surface area contributed by atoms with Gasteiger partial charge in [0.15, 0.2) is 0 Å². The topological polar surface area (TPSA) is 41.1 Å². The molecule has 1 aromatic carbocycles. The number of carbonyl (C=O) groups excluding carboxylic acids is 1. The summed E-state index contributed by atoms with van der Waals surface area (Å²) in [5, 5.41) is 6.25. The van der Waals surface area contributed by atoms with Gasteiger partial charge in [-0.2, -0.15) is 0 Å². The Bertz CT molecular complexity index is 388. The van der Waals surface area contributed by atoms with E-state index < -0.39 is 5.41 Å². The van der Waals surface area contributed by atoms with Crippen LogP contribution in [0.4, 0.5) is 0 Å². The van der Waals surface area contributed by atoms with E-state index >= 15 is 0 Å².